The van der Waals surface area contributed by atoms with Gasteiger partial charge in [0.2, 0.25) is 5.91 Å². The van der Waals surface area contributed by atoms with Crippen molar-refractivity contribution in [2.75, 3.05) is 26.7 Å². The quantitative estimate of drug-likeness (QED) is 0.864. The van der Waals surface area contributed by atoms with Gasteiger partial charge in [-0.3, -0.25) is 14.5 Å². The molecule has 0 radical (unpaired) electrons. The summed E-state index contributed by atoms with van der Waals surface area (Å²) in [6, 6.07) is 6.98. The Balaban J connectivity index is 1.96. The lowest BCUT2D eigenvalue weighted by Crippen LogP contribution is -2.44. The maximum atomic E-state index is 12.2. The Morgan fingerprint density at radius 3 is 2.95 bits per heavy atom. The van der Waals surface area contributed by atoms with Crippen LogP contribution in [0, 0.1) is 5.92 Å². The number of ketones is 1. The monoisotopic (exact) mass is 294 g/mol. The Morgan fingerprint density at radius 1 is 1.45 bits per heavy atom. The molecule has 1 unspecified atom stereocenters. The lowest BCUT2D eigenvalue weighted by Gasteiger charge is -2.31. The minimum atomic E-state index is -0.0130. The first-order chi connectivity index (χ1) is 9.60. The minimum absolute atomic E-state index is 0.0130. The molecule has 1 aliphatic rings. The van der Waals surface area contributed by atoms with Gasteiger partial charge in [0.25, 0.3) is 0 Å². The molecule has 1 fully saturated rings. The number of halogens is 1. The van der Waals surface area contributed by atoms with Crippen LogP contribution in [0.25, 0.3) is 0 Å². The van der Waals surface area contributed by atoms with Gasteiger partial charge in [-0.15, -0.1) is 0 Å². The van der Waals surface area contributed by atoms with Gasteiger partial charge in [-0.2, -0.15) is 0 Å². The van der Waals surface area contributed by atoms with Crippen molar-refractivity contribution < 1.29 is 9.59 Å². The zero-order valence-corrected chi connectivity index (χ0v) is 12.3. The fourth-order valence-electron chi connectivity index (χ4n) is 2.57. The van der Waals surface area contributed by atoms with Crippen molar-refractivity contribution >= 4 is 23.3 Å². The van der Waals surface area contributed by atoms with Gasteiger partial charge in [-0.05, 0) is 31.5 Å². The number of likely N-dealkylation sites (tertiary alicyclic amines) is 1. The second-order valence-electron chi connectivity index (χ2n) is 5.12. The van der Waals surface area contributed by atoms with Crippen molar-refractivity contribution in [3.8, 4) is 0 Å². The number of amides is 1. The Kier molecular flexibility index (Phi) is 5.15. The van der Waals surface area contributed by atoms with E-state index in [2.05, 4.69) is 5.32 Å². The van der Waals surface area contributed by atoms with E-state index < -0.39 is 0 Å². The van der Waals surface area contributed by atoms with Crippen LogP contribution in [0.5, 0.6) is 0 Å². The van der Waals surface area contributed by atoms with E-state index in [0.29, 0.717) is 23.7 Å². The Labute approximate surface area is 124 Å². The van der Waals surface area contributed by atoms with Crippen molar-refractivity contribution in [2.45, 2.75) is 12.8 Å². The van der Waals surface area contributed by atoms with E-state index in [1.54, 1.807) is 31.3 Å². The molecule has 20 heavy (non-hydrogen) atoms. The third kappa shape index (κ3) is 3.81. The van der Waals surface area contributed by atoms with Gasteiger partial charge in [0.05, 0.1) is 12.5 Å². The molecule has 4 nitrogen and oxygen atoms in total. The van der Waals surface area contributed by atoms with Gasteiger partial charge in [-0.25, -0.2) is 0 Å². The predicted molar refractivity (Wildman–Crippen MR) is 79.0 cm³/mol. The highest BCUT2D eigenvalue weighted by Crippen LogP contribution is 2.18. The highest BCUT2D eigenvalue weighted by atomic mass is 35.5. The number of piperidine rings is 1. The number of carbonyl (C=O) groups is 2. The normalized spacial score (nSPS) is 19.6. The van der Waals surface area contributed by atoms with E-state index >= 15 is 0 Å². The summed E-state index contributed by atoms with van der Waals surface area (Å²) in [6.45, 7) is 1.85. The SMILES string of the molecule is CNC(=O)C1CCCN(CC(=O)c2cccc(Cl)c2)C1. The summed E-state index contributed by atoms with van der Waals surface area (Å²) in [5.41, 5.74) is 0.625. The number of carbonyl (C=O) groups excluding carboxylic acids is 2. The van der Waals surface area contributed by atoms with Crippen LogP contribution in [0.2, 0.25) is 5.02 Å². The number of benzene rings is 1. The number of nitrogens with zero attached hydrogens (tertiary/aromatic N) is 1. The first-order valence-corrected chi connectivity index (χ1v) is 7.20. The Hall–Kier alpha value is -1.39. The molecule has 108 valence electrons. The van der Waals surface area contributed by atoms with Gasteiger partial charge < -0.3 is 5.32 Å². The van der Waals surface area contributed by atoms with E-state index in [-0.39, 0.29) is 17.6 Å². The van der Waals surface area contributed by atoms with E-state index in [1.165, 1.54) is 0 Å². The van der Waals surface area contributed by atoms with Gasteiger partial charge >= 0.3 is 0 Å². The maximum absolute atomic E-state index is 12.2. The van der Waals surface area contributed by atoms with E-state index in [9.17, 15) is 9.59 Å². The fraction of sp³-hybridized carbons (Fsp3) is 0.467. The smallest absolute Gasteiger partial charge is 0.224 e. The van der Waals surface area contributed by atoms with Crippen LogP contribution in [0.1, 0.15) is 23.2 Å². The Morgan fingerprint density at radius 2 is 2.25 bits per heavy atom. The molecule has 1 aliphatic heterocycles. The summed E-state index contributed by atoms with van der Waals surface area (Å²) in [6.07, 6.45) is 1.84. The molecular weight excluding hydrogens is 276 g/mol. The molecular formula is C15H19ClN2O2. The largest absolute Gasteiger partial charge is 0.359 e. The zero-order chi connectivity index (χ0) is 14.5. The fourth-order valence-corrected chi connectivity index (χ4v) is 2.76. The van der Waals surface area contributed by atoms with Crippen LogP contribution in [0.3, 0.4) is 0 Å². The van der Waals surface area contributed by atoms with Crippen LogP contribution >= 0.6 is 11.6 Å². The highest BCUT2D eigenvalue weighted by Gasteiger charge is 2.26. The molecule has 0 spiro atoms. The number of rotatable bonds is 4. The number of Topliss-reactive ketones (excluding diaryl/α,β-unsaturated/α-hetero) is 1. The minimum Gasteiger partial charge on any atom is -0.359 e. The van der Waals surface area contributed by atoms with Crippen molar-refractivity contribution in [1.29, 1.82) is 0 Å². The average molecular weight is 295 g/mol. The maximum Gasteiger partial charge on any atom is 0.224 e. The van der Waals surface area contributed by atoms with Gasteiger partial charge in [0.15, 0.2) is 5.78 Å². The molecule has 2 rings (SSSR count). The summed E-state index contributed by atoms with van der Waals surface area (Å²) in [5, 5.41) is 3.25. The molecule has 1 N–H and O–H groups in total. The van der Waals surface area contributed by atoms with Crippen molar-refractivity contribution in [1.82, 2.24) is 10.2 Å². The van der Waals surface area contributed by atoms with Crippen LogP contribution in [-0.2, 0) is 4.79 Å². The summed E-state index contributed by atoms with van der Waals surface area (Å²) in [7, 11) is 1.65. The second-order valence-corrected chi connectivity index (χ2v) is 5.56. The molecule has 1 heterocycles. The van der Waals surface area contributed by atoms with E-state index in [4.69, 9.17) is 11.6 Å². The lowest BCUT2D eigenvalue weighted by molar-refractivity contribution is -0.126. The van der Waals surface area contributed by atoms with Crippen LogP contribution in [0.4, 0.5) is 0 Å². The van der Waals surface area contributed by atoms with Crippen molar-refractivity contribution in [3.05, 3.63) is 34.9 Å². The Bertz CT molecular complexity index is 504. The highest BCUT2D eigenvalue weighted by molar-refractivity contribution is 6.31. The lowest BCUT2D eigenvalue weighted by atomic mass is 9.96. The number of nitrogens with one attached hydrogen (secondary N) is 1. The van der Waals surface area contributed by atoms with Crippen molar-refractivity contribution in [3.63, 3.8) is 0 Å². The summed E-state index contributed by atoms with van der Waals surface area (Å²) < 4.78 is 0. The number of hydrogen-bond acceptors (Lipinski definition) is 3. The van der Waals surface area contributed by atoms with Gasteiger partial charge in [-0.1, -0.05) is 23.7 Å². The molecule has 1 saturated heterocycles. The molecule has 1 aromatic carbocycles. The molecule has 1 amide bonds. The standard InChI is InChI=1S/C15H19ClN2O2/c1-17-15(20)12-5-3-7-18(9-12)10-14(19)11-4-2-6-13(16)8-11/h2,4,6,8,12H,3,5,7,9-10H2,1H3,(H,17,20). The number of hydrogen-bond donors (Lipinski definition) is 1. The first kappa shape index (κ1) is 15.0. The molecule has 0 saturated carbocycles. The van der Waals surface area contributed by atoms with Crippen LogP contribution in [-0.4, -0.2) is 43.3 Å². The van der Waals surface area contributed by atoms with Crippen LogP contribution < -0.4 is 5.32 Å². The second kappa shape index (κ2) is 6.86. The van der Waals surface area contributed by atoms with Crippen molar-refractivity contribution in [2.24, 2.45) is 5.92 Å². The molecule has 5 heteroatoms. The topological polar surface area (TPSA) is 49.4 Å². The third-order valence-electron chi connectivity index (χ3n) is 3.64. The molecule has 0 aromatic heterocycles. The average Bonchev–Trinajstić information content (AvgIpc) is 2.46. The van der Waals surface area contributed by atoms with Crippen LogP contribution in [0.15, 0.2) is 24.3 Å². The van der Waals surface area contributed by atoms with E-state index in [1.807, 2.05) is 4.90 Å². The van der Waals surface area contributed by atoms with Gasteiger partial charge in [0.1, 0.15) is 0 Å². The first-order valence-electron chi connectivity index (χ1n) is 6.83. The summed E-state index contributed by atoms with van der Waals surface area (Å²) in [5.74, 6) is 0.0934. The molecule has 1 atom stereocenters. The summed E-state index contributed by atoms with van der Waals surface area (Å²) >= 11 is 5.90. The molecule has 1 aromatic rings. The zero-order valence-electron chi connectivity index (χ0n) is 11.6. The summed E-state index contributed by atoms with van der Waals surface area (Å²) in [4.78, 5) is 25.9. The van der Waals surface area contributed by atoms with Gasteiger partial charge in [0, 0.05) is 24.2 Å². The predicted octanol–water partition coefficient (Wildman–Crippen LogP) is 1.98. The molecule has 0 aliphatic carbocycles. The third-order valence-corrected chi connectivity index (χ3v) is 3.87. The molecule has 0 bridgehead atoms. The van der Waals surface area contributed by atoms with E-state index in [0.717, 1.165) is 19.4 Å².